The van der Waals surface area contributed by atoms with E-state index < -0.39 is 0 Å². The van der Waals surface area contributed by atoms with Crippen molar-refractivity contribution in [2.45, 2.75) is 26.3 Å². The Morgan fingerprint density at radius 3 is 3.00 bits per heavy atom. The molecule has 0 aliphatic carbocycles. The van der Waals surface area contributed by atoms with E-state index in [1.54, 1.807) is 7.11 Å². The predicted molar refractivity (Wildman–Crippen MR) is 81.8 cm³/mol. The van der Waals surface area contributed by atoms with Gasteiger partial charge in [-0.2, -0.15) is 5.10 Å². The van der Waals surface area contributed by atoms with Crippen molar-refractivity contribution in [3.8, 4) is 22.8 Å². The van der Waals surface area contributed by atoms with Crippen LogP contribution in [0.4, 0.5) is 0 Å². The number of methoxy groups -OCH3 is 1. The van der Waals surface area contributed by atoms with Crippen molar-refractivity contribution in [3.63, 3.8) is 0 Å². The third kappa shape index (κ3) is 2.74. The lowest BCUT2D eigenvalue weighted by molar-refractivity contribution is 0.294. The molecule has 3 rings (SSSR count). The monoisotopic (exact) mass is 287 g/mol. The average Bonchev–Trinajstić information content (AvgIpc) is 2.96. The van der Waals surface area contributed by atoms with Crippen LogP contribution in [0.15, 0.2) is 18.2 Å². The number of fused-ring (bicyclic) bond motifs is 1. The summed E-state index contributed by atoms with van der Waals surface area (Å²) in [6.45, 7) is 4.63. The van der Waals surface area contributed by atoms with Crippen LogP contribution in [0, 0.1) is 0 Å². The smallest absolute Gasteiger partial charge is 0.161 e. The molecular weight excluding hydrogens is 266 g/mol. The Kier molecular flexibility index (Phi) is 4.10. The van der Waals surface area contributed by atoms with E-state index in [0.717, 1.165) is 48.7 Å². The maximum absolute atomic E-state index is 5.78. The molecule has 0 radical (unpaired) electrons. The molecule has 112 valence electrons. The minimum absolute atomic E-state index is 0.681. The summed E-state index contributed by atoms with van der Waals surface area (Å²) in [6.07, 6.45) is 1.97. The van der Waals surface area contributed by atoms with Crippen LogP contribution in [0.25, 0.3) is 11.3 Å². The fraction of sp³-hybridized carbons (Fsp3) is 0.438. The number of hydrogen-bond donors (Lipinski definition) is 2. The number of nitrogens with zero attached hydrogens (tertiary/aromatic N) is 1. The first-order valence-corrected chi connectivity index (χ1v) is 7.41. The molecule has 1 aromatic carbocycles. The second-order valence-electron chi connectivity index (χ2n) is 5.17. The van der Waals surface area contributed by atoms with Gasteiger partial charge in [0.15, 0.2) is 11.5 Å². The molecular formula is C16H21N3O2. The minimum Gasteiger partial charge on any atom is -0.493 e. The van der Waals surface area contributed by atoms with E-state index in [-0.39, 0.29) is 0 Å². The molecule has 0 atom stereocenters. The van der Waals surface area contributed by atoms with Crippen molar-refractivity contribution in [2.75, 3.05) is 20.3 Å². The Labute approximate surface area is 124 Å². The van der Waals surface area contributed by atoms with E-state index in [1.807, 2.05) is 18.2 Å². The molecule has 0 fully saturated rings. The summed E-state index contributed by atoms with van der Waals surface area (Å²) in [6, 6.07) is 5.99. The molecule has 5 heteroatoms. The average molecular weight is 287 g/mol. The van der Waals surface area contributed by atoms with Gasteiger partial charge in [-0.3, -0.25) is 5.10 Å². The molecule has 0 unspecified atom stereocenters. The van der Waals surface area contributed by atoms with Gasteiger partial charge in [0.2, 0.25) is 0 Å². The normalized spacial score (nSPS) is 13.8. The largest absolute Gasteiger partial charge is 0.493 e. The van der Waals surface area contributed by atoms with Gasteiger partial charge in [-0.25, -0.2) is 0 Å². The molecule has 2 aromatic rings. The number of hydrogen-bond acceptors (Lipinski definition) is 4. The Balaban J connectivity index is 1.96. The molecule has 2 N–H and O–H groups in total. The van der Waals surface area contributed by atoms with Crippen LogP contribution in [-0.2, 0) is 13.0 Å². The lowest BCUT2D eigenvalue weighted by Gasteiger charge is -2.14. The minimum atomic E-state index is 0.681. The van der Waals surface area contributed by atoms with Gasteiger partial charge >= 0.3 is 0 Å². The first kappa shape index (κ1) is 13.9. The summed E-state index contributed by atoms with van der Waals surface area (Å²) >= 11 is 0. The van der Waals surface area contributed by atoms with Gasteiger partial charge in [0, 0.05) is 36.3 Å². The van der Waals surface area contributed by atoms with Crippen LogP contribution in [0.1, 0.15) is 24.6 Å². The van der Waals surface area contributed by atoms with Crippen molar-refractivity contribution >= 4 is 0 Å². The van der Waals surface area contributed by atoms with Gasteiger partial charge in [-0.15, -0.1) is 0 Å². The first-order chi connectivity index (χ1) is 10.3. The topological polar surface area (TPSA) is 59.2 Å². The van der Waals surface area contributed by atoms with Crippen molar-refractivity contribution in [1.82, 2.24) is 15.5 Å². The Bertz CT molecular complexity index is 622. The molecule has 2 heterocycles. The van der Waals surface area contributed by atoms with E-state index in [0.29, 0.717) is 6.61 Å². The van der Waals surface area contributed by atoms with Crippen LogP contribution in [0.2, 0.25) is 0 Å². The van der Waals surface area contributed by atoms with E-state index in [4.69, 9.17) is 9.47 Å². The van der Waals surface area contributed by atoms with E-state index >= 15 is 0 Å². The van der Waals surface area contributed by atoms with Crippen LogP contribution in [-0.4, -0.2) is 30.5 Å². The molecule has 0 saturated carbocycles. The number of rotatable bonds is 5. The van der Waals surface area contributed by atoms with Crippen LogP contribution in [0.5, 0.6) is 11.5 Å². The molecule has 0 amide bonds. The van der Waals surface area contributed by atoms with Gasteiger partial charge in [-0.05, 0) is 24.6 Å². The van der Waals surface area contributed by atoms with Gasteiger partial charge in [0.1, 0.15) is 0 Å². The highest BCUT2D eigenvalue weighted by molar-refractivity contribution is 5.67. The lowest BCUT2D eigenvalue weighted by Crippen LogP contribution is -2.23. The summed E-state index contributed by atoms with van der Waals surface area (Å²) in [4.78, 5) is 0. The number of H-pyrrole nitrogens is 1. The summed E-state index contributed by atoms with van der Waals surface area (Å²) in [5.74, 6) is 1.53. The molecule has 0 bridgehead atoms. The van der Waals surface area contributed by atoms with Crippen molar-refractivity contribution in [3.05, 3.63) is 29.5 Å². The summed E-state index contributed by atoms with van der Waals surface area (Å²) in [5, 5.41) is 11.0. The summed E-state index contributed by atoms with van der Waals surface area (Å²) < 4.78 is 11.1. The zero-order valence-electron chi connectivity index (χ0n) is 12.5. The molecule has 5 nitrogen and oxygen atoms in total. The molecule has 0 spiro atoms. The quantitative estimate of drug-likeness (QED) is 0.887. The lowest BCUT2D eigenvalue weighted by atomic mass is 10.0. The van der Waals surface area contributed by atoms with E-state index in [9.17, 15) is 0 Å². The van der Waals surface area contributed by atoms with E-state index in [1.165, 1.54) is 11.3 Å². The van der Waals surface area contributed by atoms with E-state index in [2.05, 4.69) is 22.4 Å². The van der Waals surface area contributed by atoms with Crippen molar-refractivity contribution in [1.29, 1.82) is 0 Å². The third-order valence-corrected chi connectivity index (χ3v) is 3.71. The Morgan fingerprint density at radius 2 is 2.19 bits per heavy atom. The highest BCUT2D eigenvalue weighted by atomic mass is 16.5. The van der Waals surface area contributed by atoms with Gasteiger partial charge < -0.3 is 14.8 Å². The molecule has 1 aromatic heterocycles. The van der Waals surface area contributed by atoms with Crippen LogP contribution >= 0.6 is 0 Å². The molecule has 1 aliphatic heterocycles. The number of nitrogens with one attached hydrogen (secondary N) is 2. The fourth-order valence-electron chi connectivity index (χ4n) is 2.61. The molecule has 1 aliphatic rings. The summed E-state index contributed by atoms with van der Waals surface area (Å²) in [7, 11) is 1.66. The molecule has 0 saturated heterocycles. The Morgan fingerprint density at radius 1 is 1.29 bits per heavy atom. The highest BCUT2D eigenvalue weighted by Gasteiger charge is 2.18. The summed E-state index contributed by atoms with van der Waals surface area (Å²) in [5.41, 5.74) is 4.55. The Hall–Kier alpha value is -2.01. The first-order valence-electron chi connectivity index (χ1n) is 7.41. The SMILES string of the molecule is CCCOc1cc(-c2n[nH]c3c2CNCC3)ccc1OC. The highest BCUT2D eigenvalue weighted by Crippen LogP contribution is 2.34. The second kappa shape index (κ2) is 6.18. The van der Waals surface area contributed by atoms with Crippen molar-refractivity contribution < 1.29 is 9.47 Å². The predicted octanol–water partition coefficient (Wildman–Crippen LogP) is 2.52. The second-order valence-corrected chi connectivity index (χ2v) is 5.17. The third-order valence-electron chi connectivity index (χ3n) is 3.71. The van der Waals surface area contributed by atoms with Crippen molar-refractivity contribution in [2.24, 2.45) is 0 Å². The molecule has 21 heavy (non-hydrogen) atoms. The number of aromatic amines is 1. The van der Waals surface area contributed by atoms with Gasteiger partial charge in [0.05, 0.1) is 19.4 Å². The zero-order chi connectivity index (χ0) is 14.7. The number of benzene rings is 1. The maximum atomic E-state index is 5.78. The van der Waals surface area contributed by atoms with Crippen LogP contribution < -0.4 is 14.8 Å². The number of ether oxygens (including phenoxy) is 2. The zero-order valence-corrected chi connectivity index (χ0v) is 12.5. The van der Waals surface area contributed by atoms with Gasteiger partial charge in [0.25, 0.3) is 0 Å². The van der Waals surface area contributed by atoms with Crippen LogP contribution in [0.3, 0.4) is 0 Å². The maximum Gasteiger partial charge on any atom is 0.161 e. The fourth-order valence-corrected chi connectivity index (χ4v) is 2.61. The number of aromatic nitrogens is 2. The standard InChI is InChI=1S/C16H21N3O2/c1-3-8-21-15-9-11(4-5-14(15)20-2)16-12-10-17-7-6-13(12)18-19-16/h4-5,9,17H,3,6-8,10H2,1-2H3,(H,18,19). The van der Waals surface area contributed by atoms with Gasteiger partial charge in [-0.1, -0.05) is 6.92 Å².